The minimum atomic E-state index is -0.890. The molecule has 9 heteroatoms. The summed E-state index contributed by atoms with van der Waals surface area (Å²) >= 11 is 0. The van der Waals surface area contributed by atoms with Crippen molar-refractivity contribution in [2.75, 3.05) is 11.9 Å². The molecule has 1 aliphatic heterocycles. The molecule has 1 aliphatic rings. The van der Waals surface area contributed by atoms with Gasteiger partial charge in [-0.1, -0.05) is 13.0 Å². The number of anilines is 1. The van der Waals surface area contributed by atoms with Crippen LogP contribution in [0.15, 0.2) is 36.7 Å². The van der Waals surface area contributed by atoms with Gasteiger partial charge in [0.05, 0.1) is 23.5 Å². The van der Waals surface area contributed by atoms with Crippen LogP contribution in [0.2, 0.25) is 0 Å². The fourth-order valence-electron chi connectivity index (χ4n) is 3.42. The van der Waals surface area contributed by atoms with E-state index in [0.717, 1.165) is 12.5 Å². The highest BCUT2D eigenvalue weighted by Gasteiger charge is 2.34. The van der Waals surface area contributed by atoms with Gasteiger partial charge in [0.15, 0.2) is 11.6 Å². The van der Waals surface area contributed by atoms with E-state index in [1.54, 1.807) is 0 Å². The summed E-state index contributed by atoms with van der Waals surface area (Å²) in [7, 11) is 0. The maximum Gasteiger partial charge on any atom is 0.313 e. The van der Waals surface area contributed by atoms with Crippen molar-refractivity contribution in [3.05, 3.63) is 53.6 Å². The van der Waals surface area contributed by atoms with E-state index < -0.39 is 35.3 Å². The van der Waals surface area contributed by atoms with Crippen LogP contribution < -0.4 is 11.1 Å². The largest absolute Gasteiger partial charge is 0.505 e. The third-order valence-corrected chi connectivity index (χ3v) is 4.91. The van der Waals surface area contributed by atoms with Crippen LogP contribution in [-0.2, 0) is 9.59 Å². The second-order valence-corrected chi connectivity index (χ2v) is 7.15. The van der Waals surface area contributed by atoms with Crippen molar-refractivity contribution >= 4 is 23.4 Å². The van der Waals surface area contributed by atoms with Gasteiger partial charge >= 0.3 is 11.8 Å². The van der Waals surface area contributed by atoms with E-state index in [9.17, 15) is 23.9 Å². The number of phenolic OH excluding ortho intramolecular Hbond substituents is 1. The number of hydrogen-bond donors (Lipinski definition) is 3. The smallest absolute Gasteiger partial charge is 0.313 e. The van der Waals surface area contributed by atoms with Crippen LogP contribution in [0.4, 0.5) is 10.1 Å². The number of carbonyl (C=O) groups is 3. The number of amides is 3. The number of carbonyl (C=O) groups excluding carboxylic acids is 3. The minimum absolute atomic E-state index is 0.0986. The normalized spacial score (nSPS) is 18.9. The number of hydrogen-bond acceptors (Lipinski definition) is 5. The Balaban J connectivity index is 1.81. The van der Waals surface area contributed by atoms with Crippen molar-refractivity contribution < 1.29 is 23.9 Å². The summed E-state index contributed by atoms with van der Waals surface area (Å²) in [5, 5.41) is 12.1. The number of aromatic nitrogens is 1. The third kappa shape index (κ3) is 4.50. The lowest BCUT2D eigenvalue weighted by Crippen LogP contribution is -2.46. The van der Waals surface area contributed by atoms with Crippen molar-refractivity contribution in [3.63, 3.8) is 0 Å². The monoisotopic (exact) mass is 400 g/mol. The lowest BCUT2D eigenvalue weighted by Gasteiger charge is -2.38. The Morgan fingerprint density at radius 3 is 2.69 bits per heavy atom. The number of primary amides is 1. The average Bonchev–Trinajstić information content (AvgIpc) is 2.69. The molecule has 1 fully saturated rings. The number of halogens is 1. The van der Waals surface area contributed by atoms with E-state index in [1.165, 1.54) is 35.5 Å². The maximum absolute atomic E-state index is 13.4. The van der Waals surface area contributed by atoms with Crippen molar-refractivity contribution in [2.24, 2.45) is 11.7 Å². The van der Waals surface area contributed by atoms with Gasteiger partial charge in [-0.3, -0.25) is 19.4 Å². The van der Waals surface area contributed by atoms with E-state index in [4.69, 9.17) is 5.73 Å². The van der Waals surface area contributed by atoms with Crippen LogP contribution in [0.5, 0.6) is 5.75 Å². The minimum Gasteiger partial charge on any atom is -0.505 e. The predicted molar refractivity (Wildman–Crippen MR) is 102 cm³/mol. The Labute approximate surface area is 166 Å². The first-order valence-corrected chi connectivity index (χ1v) is 9.11. The Morgan fingerprint density at radius 2 is 2.00 bits per heavy atom. The lowest BCUT2D eigenvalue weighted by molar-refractivity contribution is -0.146. The van der Waals surface area contributed by atoms with Crippen LogP contribution in [-0.4, -0.2) is 39.3 Å². The average molecular weight is 400 g/mol. The number of nitrogens with two attached hydrogens (primary N) is 1. The Bertz CT molecular complexity index is 965. The van der Waals surface area contributed by atoms with E-state index in [2.05, 4.69) is 10.3 Å². The zero-order chi connectivity index (χ0) is 21.1. The topological polar surface area (TPSA) is 126 Å². The van der Waals surface area contributed by atoms with Crippen molar-refractivity contribution in [3.8, 4) is 5.75 Å². The lowest BCUT2D eigenvalue weighted by atomic mass is 9.89. The third-order valence-electron chi connectivity index (χ3n) is 4.91. The molecule has 8 nitrogen and oxygen atoms in total. The molecular weight excluding hydrogens is 379 g/mol. The molecule has 4 N–H and O–H groups in total. The summed E-state index contributed by atoms with van der Waals surface area (Å²) in [6.07, 6.45) is 3.94. The summed E-state index contributed by atoms with van der Waals surface area (Å²) in [6, 6.07) is 4.76. The molecule has 0 radical (unpaired) electrons. The molecule has 1 aromatic carbocycles. The second kappa shape index (κ2) is 8.26. The van der Waals surface area contributed by atoms with Gasteiger partial charge < -0.3 is 21.1 Å². The summed E-state index contributed by atoms with van der Waals surface area (Å²) in [4.78, 5) is 41.9. The number of aromatic hydroxyl groups is 1. The van der Waals surface area contributed by atoms with Crippen LogP contribution in [0.1, 0.15) is 41.7 Å². The van der Waals surface area contributed by atoms with Crippen molar-refractivity contribution in [2.45, 2.75) is 25.8 Å². The number of benzene rings is 1. The molecule has 0 bridgehead atoms. The van der Waals surface area contributed by atoms with Gasteiger partial charge in [-0.15, -0.1) is 0 Å². The molecule has 3 amide bonds. The summed E-state index contributed by atoms with van der Waals surface area (Å²) < 4.78 is 13.4. The molecule has 0 aliphatic carbocycles. The number of phenols is 1. The Morgan fingerprint density at radius 1 is 1.24 bits per heavy atom. The number of piperidine rings is 1. The van der Waals surface area contributed by atoms with Gasteiger partial charge in [-0.25, -0.2) is 4.39 Å². The highest BCUT2D eigenvalue weighted by molar-refractivity contribution is 6.39. The number of likely N-dealkylation sites (tertiary alicyclic amines) is 1. The Kier molecular flexibility index (Phi) is 5.76. The molecule has 3 rings (SSSR count). The quantitative estimate of drug-likeness (QED) is 0.679. The van der Waals surface area contributed by atoms with Crippen LogP contribution in [0.25, 0.3) is 0 Å². The molecule has 0 saturated carbocycles. The zero-order valence-electron chi connectivity index (χ0n) is 15.8. The maximum atomic E-state index is 13.4. The molecule has 2 heterocycles. The van der Waals surface area contributed by atoms with Gasteiger partial charge in [-0.2, -0.15) is 0 Å². The van der Waals surface area contributed by atoms with Gasteiger partial charge in [0.1, 0.15) is 0 Å². The molecule has 0 spiro atoms. The first-order chi connectivity index (χ1) is 13.8. The highest BCUT2D eigenvalue weighted by atomic mass is 19.1. The summed E-state index contributed by atoms with van der Waals surface area (Å²) in [5.74, 6) is -3.45. The standard InChI is InChI=1S/C20H21FN4O4/c1-11-2-5-16(12-3-4-15(21)17(26)7-12)25(10-11)20(29)19(28)24-14-6-13(18(22)27)8-23-9-14/h3-4,6-9,11,16,26H,2,5,10H2,1H3,(H2,22,27)(H,24,28)/t11-,16+/m0/s1. The number of nitrogens with one attached hydrogen (secondary N) is 1. The van der Waals surface area contributed by atoms with Gasteiger partial charge in [-0.05, 0) is 42.5 Å². The van der Waals surface area contributed by atoms with E-state index in [1.807, 2.05) is 6.92 Å². The summed E-state index contributed by atoms with van der Waals surface area (Å²) in [6.45, 7) is 2.31. The molecule has 1 saturated heterocycles. The molecule has 152 valence electrons. The first kappa shape index (κ1) is 20.2. The Hall–Kier alpha value is -3.49. The molecule has 2 atom stereocenters. The number of rotatable bonds is 3. The van der Waals surface area contributed by atoms with Crippen LogP contribution in [0.3, 0.4) is 0 Å². The SMILES string of the molecule is C[C@H]1CC[C@H](c2ccc(F)c(O)c2)N(C(=O)C(=O)Nc2cncc(C(N)=O)c2)C1. The first-order valence-electron chi connectivity index (χ1n) is 9.11. The number of pyridine rings is 1. The highest BCUT2D eigenvalue weighted by Crippen LogP contribution is 2.35. The van der Waals surface area contributed by atoms with Gasteiger partial charge in [0.25, 0.3) is 0 Å². The zero-order valence-corrected chi connectivity index (χ0v) is 15.8. The molecule has 29 heavy (non-hydrogen) atoms. The van der Waals surface area contributed by atoms with Crippen LogP contribution in [0, 0.1) is 11.7 Å². The molecule has 2 aromatic rings. The molecular formula is C20H21FN4O4. The predicted octanol–water partition coefficient (Wildman–Crippen LogP) is 1.96. The fourth-order valence-corrected chi connectivity index (χ4v) is 3.42. The van der Waals surface area contributed by atoms with E-state index in [-0.39, 0.29) is 17.2 Å². The molecule has 0 unspecified atom stereocenters. The molecule has 1 aromatic heterocycles. The van der Waals surface area contributed by atoms with E-state index >= 15 is 0 Å². The van der Waals surface area contributed by atoms with Crippen LogP contribution >= 0.6 is 0 Å². The van der Waals surface area contributed by atoms with E-state index in [0.29, 0.717) is 18.5 Å². The fraction of sp³-hybridized carbons (Fsp3) is 0.300. The second-order valence-electron chi connectivity index (χ2n) is 7.15. The number of nitrogens with zero attached hydrogens (tertiary/aromatic N) is 2. The summed E-state index contributed by atoms with van der Waals surface area (Å²) in [5.41, 5.74) is 6.01. The van der Waals surface area contributed by atoms with Gasteiger partial charge in [0.2, 0.25) is 5.91 Å². The van der Waals surface area contributed by atoms with Crippen molar-refractivity contribution in [1.29, 1.82) is 0 Å². The van der Waals surface area contributed by atoms with Crippen molar-refractivity contribution in [1.82, 2.24) is 9.88 Å². The van der Waals surface area contributed by atoms with Gasteiger partial charge in [0, 0.05) is 12.7 Å².